The Morgan fingerprint density at radius 2 is 1.88 bits per heavy atom. The highest BCUT2D eigenvalue weighted by Gasteiger charge is 2.30. The van der Waals surface area contributed by atoms with Crippen LogP contribution in [0.25, 0.3) is 10.8 Å². The Kier molecular flexibility index (Phi) is 1.88. The number of halogens is 1. The van der Waals surface area contributed by atoms with Crippen molar-refractivity contribution in [2.24, 2.45) is 0 Å². The molecule has 3 rings (SSSR count). The Morgan fingerprint density at radius 3 is 2.69 bits per heavy atom. The molecule has 16 heavy (non-hydrogen) atoms. The fourth-order valence-electron chi connectivity index (χ4n) is 1.90. The lowest BCUT2D eigenvalue weighted by Crippen LogP contribution is -2.12. The first-order chi connectivity index (χ1) is 7.68. The maximum Gasteiger partial charge on any atom is 0.296 e. The summed E-state index contributed by atoms with van der Waals surface area (Å²) < 4.78 is 0.764. The Morgan fingerprint density at radius 1 is 1.12 bits per heavy atom. The minimum atomic E-state index is -0.564. The van der Waals surface area contributed by atoms with Gasteiger partial charge in [-0.1, -0.05) is 24.3 Å². The number of carbonyl (C=O) groups is 2. The van der Waals surface area contributed by atoms with E-state index in [1.165, 1.54) is 0 Å². The Balaban J connectivity index is 2.44. The topological polar surface area (TPSA) is 46.2 Å². The summed E-state index contributed by atoms with van der Waals surface area (Å²) in [6.45, 7) is 0. The van der Waals surface area contributed by atoms with Crippen LogP contribution in [-0.4, -0.2) is 11.7 Å². The van der Waals surface area contributed by atoms with Crippen molar-refractivity contribution in [1.82, 2.24) is 0 Å². The van der Waals surface area contributed by atoms with E-state index in [2.05, 4.69) is 21.2 Å². The van der Waals surface area contributed by atoms with E-state index in [1.807, 2.05) is 24.3 Å². The number of hydrogen-bond donors (Lipinski definition) is 1. The third kappa shape index (κ3) is 1.13. The van der Waals surface area contributed by atoms with Crippen molar-refractivity contribution in [2.45, 2.75) is 0 Å². The molecular formula is C12H6BrNO2. The first kappa shape index (κ1) is 9.54. The minimum absolute atomic E-state index is 0.440. The quantitative estimate of drug-likeness (QED) is 0.752. The molecule has 0 atom stereocenters. The zero-order valence-corrected chi connectivity index (χ0v) is 9.67. The highest BCUT2D eigenvalue weighted by Crippen LogP contribution is 2.37. The third-order valence-corrected chi connectivity index (χ3v) is 3.50. The van der Waals surface area contributed by atoms with Crippen molar-refractivity contribution in [1.29, 1.82) is 0 Å². The molecule has 78 valence electrons. The van der Waals surface area contributed by atoms with Crippen LogP contribution in [-0.2, 0) is 4.79 Å². The number of amides is 1. The molecule has 0 bridgehead atoms. The lowest BCUT2D eigenvalue weighted by Gasteiger charge is -2.05. The molecule has 0 spiro atoms. The molecule has 1 aliphatic rings. The van der Waals surface area contributed by atoms with Crippen molar-refractivity contribution in [2.75, 3.05) is 5.32 Å². The van der Waals surface area contributed by atoms with E-state index in [-0.39, 0.29) is 0 Å². The first-order valence-electron chi connectivity index (χ1n) is 4.75. The average Bonchev–Trinajstić information content (AvgIpc) is 2.58. The largest absolute Gasteiger partial charge is 0.317 e. The van der Waals surface area contributed by atoms with Gasteiger partial charge in [-0.2, -0.15) is 0 Å². The second-order valence-electron chi connectivity index (χ2n) is 3.62. The molecular weight excluding hydrogens is 270 g/mol. The lowest BCUT2D eigenvalue weighted by molar-refractivity contribution is -0.112. The second kappa shape index (κ2) is 3.15. The highest BCUT2D eigenvalue weighted by molar-refractivity contribution is 9.10. The van der Waals surface area contributed by atoms with Crippen molar-refractivity contribution in [3.05, 3.63) is 40.4 Å². The smallest absolute Gasteiger partial charge is 0.296 e. The van der Waals surface area contributed by atoms with Crippen molar-refractivity contribution in [3.63, 3.8) is 0 Å². The predicted octanol–water partition coefficient (Wildman–Crippen LogP) is 2.74. The fraction of sp³-hybridized carbons (Fsp3) is 0. The number of benzene rings is 2. The van der Waals surface area contributed by atoms with Crippen LogP contribution in [0, 0.1) is 0 Å². The van der Waals surface area contributed by atoms with E-state index in [1.54, 1.807) is 6.07 Å². The van der Waals surface area contributed by atoms with Crippen LogP contribution in [0.5, 0.6) is 0 Å². The molecule has 4 heteroatoms. The van der Waals surface area contributed by atoms with Gasteiger partial charge in [0, 0.05) is 4.47 Å². The standard InChI is InChI=1S/C12H6BrNO2/c13-9-7-4-2-1-3-6(7)5-8-10(9)14-12(16)11(8)15/h1-5H,(H,14,15,16). The Hall–Kier alpha value is -1.68. The van der Waals surface area contributed by atoms with E-state index < -0.39 is 11.7 Å². The summed E-state index contributed by atoms with van der Waals surface area (Å²) in [7, 11) is 0. The van der Waals surface area contributed by atoms with Crippen LogP contribution in [0.15, 0.2) is 34.8 Å². The number of ketones is 1. The summed E-state index contributed by atoms with van der Waals surface area (Å²) in [5, 5.41) is 4.50. The van der Waals surface area contributed by atoms with Crippen molar-refractivity contribution >= 4 is 44.1 Å². The first-order valence-corrected chi connectivity index (χ1v) is 5.54. The van der Waals surface area contributed by atoms with Crippen LogP contribution in [0.1, 0.15) is 10.4 Å². The summed E-state index contributed by atoms with van der Waals surface area (Å²) in [6, 6.07) is 9.41. The molecule has 0 saturated heterocycles. The van der Waals surface area contributed by atoms with E-state index in [0.29, 0.717) is 11.3 Å². The van der Waals surface area contributed by atoms with Gasteiger partial charge in [0.05, 0.1) is 11.3 Å². The van der Waals surface area contributed by atoms with Crippen molar-refractivity contribution in [3.8, 4) is 0 Å². The zero-order valence-electron chi connectivity index (χ0n) is 8.08. The molecule has 0 aliphatic carbocycles. The van der Waals surface area contributed by atoms with Gasteiger partial charge in [0.2, 0.25) is 0 Å². The maximum atomic E-state index is 11.6. The number of carbonyl (C=O) groups excluding carboxylic acids is 2. The van der Waals surface area contributed by atoms with Gasteiger partial charge < -0.3 is 5.32 Å². The number of rotatable bonds is 0. The molecule has 0 unspecified atom stereocenters. The molecule has 0 fully saturated rings. The SMILES string of the molecule is O=C1Nc2c(cc3ccccc3c2Br)C1=O. The molecule has 1 heterocycles. The number of hydrogen-bond acceptors (Lipinski definition) is 2. The summed E-state index contributed by atoms with van der Waals surface area (Å²) in [6.07, 6.45) is 0. The predicted molar refractivity (Wildman–Crippen MR) is 64.6 cm³/mol. The molecule has 0 aromatic heterocycles. The average molecular weight is 276 g/mol. The maximum absolute atomic E-state index is 11.6. The third-order valence-electron chi connectivity index (χ3n) is 2.68. The zero-order chi connectivity index (χ0) is 11.3. The number of anilines is 1. The van der Waals surface area contributed by atoms with Gasteiger partial charge in [-0.3, -0.25) is 9.59 Å². The molecule has 1 N–H and O–H groups in total. The van der Waals surface area contributed by atoms with Crippen LogP contribution in [0.3, 0.4) is 0 Å². The molecule has 2 aromatic rings. The minimum Gasteiger partial charge on any atom is -0.317 e. The van der Waals surface area contributed by atoms with E-state index in [4.69, 9.17) is 0 Å². The Bertz CT molecular complexity index is 649. The molecule has 0 saturated carbocycles. The molecule has 3 nitrogen and oxygen atoms in total. The number of Topliss-reactive ketones (excluding diaryl/α,β-unsaturated/α-hetero) is 1. The lowest BCUT2D eigenvalue weighted by atomic mass is 10.0. The van der Waals surface area contributed by atoms with Gasteiger partial charge in [0.25, 0.3) is 11.7 Å². The highest BCUT2D eigenvalue weighted by atomic mass is 79.9. The van der Waals surface area contributed by atoms with Gasteiger partial charge in [-0.25, -0.2) is 0 Å². The number of nitrogens with one attached hydrogen (secondary N) is 1. The van der Waals surface area contributed by atoms with Crippen LogP contribution in [0.4, 0.5) is 5.69 Å². The molecule has 1 aliphatic heterocycles. The van der Waals surface area contributed by atoms with Gasteiger partial charge >= 0.3 is 0 Å². The van der Waals surface area contributed by atoms with Gasteiger partial charge in [0.15, 0.2) is 0 Å². The van der Waals surface area contributed by atoms with Crippen LogP contribution >= 0.6 is 15.9 Å². The summed E-state index contributed by atoms with van der Waals surface area (Å²) >= 11 is 3.42. The van der Waals surface area contributed by atoms with Crippen LogP contribution < -0.4 is 5.32 Å². The van der Waals surface area contributed by atoms with E-state index >= 15 is 0 Å². The summed E-state index contributed by atoms with van der Waals surface area (Å²) in [4.78, 5) is 22.8. The van der Waals surface area contributed by atoms with E-state index in [9.17, 15) is 9.59 Å². The van der Waals surface area contributed by atoms with Gasteiger partial charge in [0.1, 0.15) is 0 Å². The van der Waals surface area contributed by atoms with Crippen molar-refractivity contribution < 1.29 is 9.59 Å². The summed E-state index contributed by atoms with van der Waals surface area (Å²) in [5.74, 6) is -1.03. The molecule has 2 aromatic carbocycles. The molecule has 0 radical (unpaired) electrons. The summed E-state index contributed by atoms with van der Waals surface area (Å²) in [5.41, 5.74) is 1.02. The van der Waals surface area contributed by atoms with Crippen LogP contribution in [0.2, 0.25) is 0 Å². The Labute approximate surface area is 99.6 Å². The van der Waals surface area contributed by atoms with Gasteiger partial charge in [-0.15, -0.1) is 0 Å². The second-order valence-corrected chi connectivity index (χ2v) is 4.41. The number of fused-ring (bicyclic) bond motifs is 2. The fourth-order valence-corrected chi connectivity index (χ4v) is 2.57. The van der Waals surface area contributed by atoms with Gasteiger partial charge in [-0.05, 0) is 32.8 Å². The molecule has 1 amide bonds. The normalized spacial score (nSPS) is 14.1. The van der Waals surface area contributed by atoms with E-state index in [0.717, 1.165) is 15.2 Å². The monoisotopic (exact) mass is 275 g/mol.